The molecule has 0 radical (unpaired) electrons. The van der Waals surface area contributed by atoms with E-state index in [2.05, 4.69) is 5.32 Å². The number of hydrogen-bond acceptors (Lipinski definition) is 4. The zero-order valence-electron chi connectivity index (χ0n) is 12.9. The second-order valence-corrected chi connectivity index (χ2v) is 4.80. The first-order valence-corrected chi connectivity index (χ1v) is 7.27. The lowest BCUT2D eigenvalue weighted by molar-refractivity contribution is -0.121. The van der Waals surface area contributed by atoms with E-state index in [9.17, 15) is 4.79 Å². The summed E-state index contributed by atoms with van der Waals surface area (Å²) in [4.78, 5) is 12.0. The summed E-state index contributed by atoms with van der Waals surface area (Å²) in [5, 5.41) is 2.86. The molecule has 0 saturated carbocycles. The molecule has 1 amide bonds. The van der Waals surface area contributed by atoms with Crippen molar-refractivity contribution in [2.24, 2.45) is 0 Å². The fraction of sp³-hybridized carbons (Fsp3) is 0.353. The summed E-state index contributed by atoms with van der Waals surface area (Å²) in [5.74, 6) is 1.45. The number of hydrogen-bond donors (Lipinski definition) is 1. The quantitative estimate of drug-likeness (QED) is 0.814. The molecule has 0 aliphatic carbocycles. The number of methoxy groups -OCH3 is 1. The van der Waals surface area contributed by atoms with Crippen LogP contribution in [0.25, 0.3) is 0 Å². The summed E-state index contributed by atoms with van der Waals surface area (Å²) in [7, 11) is 1.59. The van der Waals surface area contributed by atoms with Gasteiger partial charge in [-0.2, -0.15) is 0 Å². The molecule has 1 atom stereocenters. The first-order valence-electron chi connectivity index (χ1n) is 7.27. The van der Waals surface area contributed by atoms with Gasteiger partial charge in [0.05, 0.1) is 25.8 Å². The van der Waals surface area contributed by atoms with Crippen LogP contribution in [0.15, 0.2) is 47.1 Å². The van der Waals surface area contributed by atoms with E-state index in [1.54, 1.807) is 19.4 Å². The van der Waals surface area contributed by atoms with Crippen molar-refractivity contribution in [1.29, 1.82) is 0 Å². The Labute approximate surface area is 130 Å². The second kappa shape index (κ2) is 8.24. The lowest BCUT2D eigenvalue weighted by Gasteiger charge is -2.13. The van der Waals surface area contributed by atoms with Crippen LogP contribution in [0, 0.1) is 0 Å². The van der Waals surface area contributed by atoms with Gasteiger partial charge in [-0.3, -0.25) is 4.79 Å². The van der Waals surface area contributed by atoms with Crippen LogP contribution >= 0.6 is 0 Å². The van der Waals surface area contributed by atoms with Crippen molar-refractivity contribution >= 4 is 5.91 Å². The molecule has 0 saturated heterocycles. The molecule has 5 nitrogen and oxygen atoms in total. The summed E-state index contributed by atoms with van der Waals surface area (Å²) in [6.45, 7) is 2.94. The minimum Gasteiger partial charge on any atom is -0.494 e. The van der Waals surface area contributed by atoms with Crippen molar-refractivity contribution in [1.82, 2.24) is 5.32 Å². The van der Waals surface area contributed by atoms with Gasteiger partial charge in [-0.15, -0.1) is 0 Å². The fourth-order valence-corrected chi connectivity index (χ4v) is 2.10. The Hall–Kier alpha value is -2.27. The maximum absolute atomic E-state index is 12.0. The minimum atomic E-state index is -0.278. The Morgan fingerprint density at radius 1 is 1.27 bits per heavy atom. The van der Waals surface area contributed by atoms with E-state index in [0.29, 0.717) is 25.3 Å². The predicted molar refractivity (Wildman–Crippen MR) is 82.8 cm³/mol. The lowest BCUT2D eigenvalue weighted by atomic mass is 10.1. The number of furan rings is 1. The van der Waals surface area contributed by atoms with Gasteiger partial charge in [0.1, 0.15) is 17.6 Å². The normalized spacial score (nSPS) is 11.9. The van der Waals surface area contributed by atoms with Crippen LogP contribution in [0.3, 0.4) is 0 Å². The second-order valence-electron chi connectivity index (χ2n) is 4.80. The lowest BCUT2D eigenvalue weighted by Crippen LogP contribution is -2.30. The monoisotopic (exact) mass is 303 g/mol. The number of nitrogens with one attached hydrogen (secondary N) is 1. The van der Waals surface area contributed by atoms with Gasteiger partial charge in [0.2, 0.25) is 5.91 Å². The predicted octanol–water partition coefficient (Wildman–Crippen LogP) is 2.72. The molecule has 1 heterocycles. The maximum atomic E-state index is 12.0. The third kappa shape index (κ3) is 4.63. The standard InChI is InChI=1S/C17H21NO4/c1-3-21-14-8-6-13(7-9-14)11-17(19)18-12-16(20-2)15-5-4-10-22-15/h4-10,16H,3,11-12H2,1-2H3,(H,18,19). The smallest absolute Gasteiger partial charge is 0.224 e. The van der Waals surface area contributed by atoms with E-state index in [-0.39, 0.29) is 12.0 Å². The molecule has 0 spiro atoms. The van der Waals surface area contributed by atoms with Crippen molar-refractivity contribution in [3.05, 3.63) is 54.0 Å². The topological polar surface area (TPSA) is 60.7 Å². The summed E-state index contributed by atoms with van der Waals surface area (Å²) >= 11 is 0. The zero-order valence-corrected chi connectivity index (χ0v) is 12.9. The van der Waals surface area contributed by atoms with E-state index in [4.69, 9.17) is 13.9 Å². The minimum absolute atomic E-state index is 0.0576. The van der Waals surface area contributed by atoms with Gasteiger partial charge in [0.25, 0.3) is 0 Å². The van der Waals surface area contributed by atoms with Gasteiger partial charge in [-0.05, 0) is 36.8 Å². The van der Waals surface area contributed by atoms with Crippen LogP contribution in [0.1, 0.15) is 24.4 Å². The molecule has 2 aromatic rings. The molecule has 0 aliphatic rings. The summed E-state index contributed by atoms with van der Waals surface area (Å²) in [6, 6.07) is 11.1. The number of amides is 1. The molecule has 118 valence electrons. The highest BCUT2D eigenvalue weighted by Crippen LogP contribution is 2.16. The molecule has 0 bridgehead atoms. The average Bonchev–Trinajstić information content (AvgIpc) is 3.04. The van der Waals surface area contributed by atoms with E-state index in [1.165, 1.54) is 0 Å². The highest BCUT2D eigenvalue weighted by molar-refractivity contribution is 5.78. The highest BCUT2D eigenvalue weighted by Gasteiger charge is 2.14. The van der Waals surface area contributed by atoms with Crippen LogP contribution in [0.4, 0.5) is 0 Å². The third-order valence-corrected chi connectivity index (χ3v) is 3.23. The van der Waals surface area contributed by atoms with Gasteiger partial charge in [0, 0.05) is 7.11 Å². The summed E-state index contributed by atoms with van der Waals surface area (Å²) in [6.07, 6.45) is 1.63. The first kappa shape index (κ1) is 16.1. The zero-order chi connectivity index (χ0) is 15.8. The van der Waals surface area contributed by atoms with Crippen molar-refractivity contribution in [3.63, 3.8) is 0 Å². The summed E-state index contributed by atoms with van der Waals surface area (Å²) in [5.41, 5.74) is 0.938. The SMILES string of the molecule is CCOc1ccc(CC(=O)NCC(OC)c2ccco2)cc1. The van der Waals surface area contributed by atoms with E-state index in [1.807, 2.05) is 37.3 Å². The number of carbonyl (C=O) groups excluding carboxylic acids is 1. The van der Waals surface area contributed by atoms with Crippen molar-refractivity contribution in [2.75, 3.05) is 20.3 Å². The van der Waals surface area contributed by atoms with Gasteiger partial charge in [-0.25, -0.2) is 0 Å². The van der Waals surface area contributed by atoms with Crippen LogP contribution < -0.4 is 10.1 Å². The van der Waals surface area contributed by atoms with Crippen molar-refractivity contribution in [2.45, 2.75) is 19.4 Å². The van der Waals surface area contributed by atoms with Gasteiger partial charge >= 0.3 is 0 Å². The Morgan fingerprint density at radius 3 is 2.64 bits per heavy atom. The van der Waals surface area contributed by atoms with Crippen LogP contribution in [-0.4, -0.2) is 26.2 Å². The average molecular weight is 303 g/mol. The van der Waals surface area contributed by atoms with Crippen molar-refractivity contribution < 1.29 is 18.7 Å². The number of ether oxygens (including phenoxy) is 2. The first-order chi connectivity index (χ1) is 10.7. The Morgan fingerprint density at radius 2 is 2.05 bits per heavy atom. The van der Waals surface area contributed by atoms with Gasteiger partial charge < -0.3 is 19.2 Å². The fourth-order valence-electron chi connectivity index (χ4n) is 2.10. The highest BCUT2D eigenvalue weighted by atomic mass is 16.5. The van der Waals surface area contributed by atoms with Gasteiger partial charge in [-0.1, -0.05) is 12.1 Å². The molecule has 1 unspecified atom stereocenters. The largest absolute Gasteiger partial charge is 0.494 e. The van der Waals surface area contributed by atoms with E-state index < -0.39 is 0 Å². The van der Waals surface area contributed by atoms with Crippen LogP contribution in [-0.2, 0) is 16.0 Å². The molecule has 22 heavy (non-hydrogen) atoms. The molecule has 1 aromatic heterocycles. The van der Waals surface area contributed by atoms with Crippen LogP contribution in [0.5, 0.6) is 5.75 Å². The van der Waals surface area contributed by atoms with Gasteiger partial charge in [0.15, 0.2) is 0 Å². The Balaban J connectivity index is 1.82. The number of carbonyl (C=O) groups is 1. The molecule has 2 rings (SSSR count). The number of benzene rings is 1. The van der Waals surface area contributed by atoms with Crippen molar-refractivity contribution in [3.8, 4) is 5.75 Å². The molecule has 0 fully saturated rings. The Kier molecular flexibility index (Phi) is 6.03. The molecular formula is C17H21NO4. The molecule has 5 heteroatoms. The molecule has 1 N–H and O–H groups in total. The number of rotatable bonds is 8. The third-order valence-electron chi connectivity index (χ3n) is 3.23. The maximum Gasteiger partial charge on any atom is 0.224 e. The Bertz CT molecular complexity index is 563. The van der Waals surface area contributed by atoms with Crippen LogP contribution in [0.2, 0.25) is 0 Å². The van der Waals surface area contributed by atoms with E-state index in [0.717, 1.165) is 11.3 Å². The summed E-state index contributed by atoms with van der Waals surface area (Å²) < 4.78 is 16.0. The molecular weight excluding hydrogens is 282 g/mol. The van der Waals surface area contributed by atoms with E-state index >= 15 is 0 Å². The molecule has 0 aliphatic heterocycles. The molecule has 1 aromatic carbocycles.